The van der Waals surface area contributed by atoms with Gasteiger partial charge in [0.2, 0.25) is 0 Å². The summed E-state index contributed by atoms with van der Waals surface area (Å²) in [5.74, 6) is -1.27. The summed E-state index contributed by atoms with van der Waals surface area (Å²) in [6.45, 7) is -0.209. The first-order valence-corrected chi connectivity index (χ1v) is 4.62. The molecule has 0 aromatic carbocycles. The van der Waals surface area contributed by atoms with Crippen LogP contribution in [0, 0.1) is 11.3 Å². The lowest BCUT2D eigenvalue weighted by molar-refractivity contribution is -0.136. The summed E-state index contributed by atoms with van der Waals surface area (Å²) < 4.78 is 25.3. The zero-order chi connectivity index (χ0) is 13.0. The van der Waals surface area contributed by atoms with Gasteiger partial charge in [-0.2, -0.15) is 5.26 Å². The number of carboxylic acids is 1. The van der Waals surface area contributed by atoms with E-state index in [1.807, 2.05) is 0 Å². The maximum atomic E-state index is 12.7. The van der Waals surface area contributed by atoms with Crippen LogP contribution in [0.4, 0.5) is 8.78 Å². The fourth-order valence-corrected chi connectivity index (χ4v) is 1.47. The molecule has 1 rings (SSSR count). The van der Waals surface area contributed by atoms with E-state index >= 15 is 0 Å². The van der Waals surface area contributed by atoms with Crippen LogP contribution in [-0.2, 0) is 17.8 Å². The van der Waals surface area contributed by atoms with Gasteiger partial charge in [-0.15, -0.1) is 0 Å². The van der Waals surface area contributed by atoms with Crippen LogP contribution < -0.4 is 5.73 Å². The van der Waals surface area contributed by atoms with Gasteiger partial charge in [0.05, 0.1) is 6.42 Å². The van der Waals surface area contributed by atoms with E-state index < -0.39 is 24.4 Å². The van der Waals surface area contributed by atoms with Crippen molar-refractivity contribution in [3.63, 3.8) is 0 Å². The molecule has 0 fully saturated rings. The van der Waals surface area contributed by atoms with Crippen molar-refractivity contribution in [1.82, 2.24) is 4.98 Å². The monoisotopic (exact) mass is 241 g/mol. The molecular weight excluding hydrogens is 232 g/mol. The summed E-state index contributed by atoms with van der Waals surface area (Å²) in [6.07, 6.45) is -2.64. The number of nitriles is 1. The smallest absolute Gasteiger partial charge is 0.307 e. The minimum atomic E-state index is -2.85. The fraction of sp³-hybridized carbons (Fsp3) is 0.300. The number of carboxylic acid groups (broad SMARTS) is 1. The molecule has 7 heteroatoms. The van der Waals surface area contributed by atoms with Crippen LogP contribution in [0.1, 0.15) is 28.8 Å². The first-order valence-electron chi connectivity index (χ1n) is 4.62. The molecule has 0 aliphatic heterocycles. The molecule has 5 nitrogen and oxygen atoms in total. The molecular formula is C10H9F2N3O2. The molecule has 0 spiro atoms. The van der Waals surface area contributed by atoms with Gasteiger partial charge < -0.3 is 10.8 Å². The molecule has 0 saturated carbocycles. The first kappa shape index (κ1) is 13.0. The van der Waals surface area contributed by atoms with Crippen molar-refractivity contribution in [1.29, 1.82) is 5.26 Å². The molecule has 0 saturated heterocycles. The lowest BCUT2D eigenvalue weighted by Gasteiger charge is -2.12. The van der Waals surface area contributed by atoms with Gasteiger partial charge in [-0.05, 0) is 5.56 Å². The number of aromatic nitrogens is 1. The Bertz CT molecular complexity index is 483. The Morgan fingerprint density at radius 2 is 2.24 bits per heavy atom. The van der Waals surface area contributed by atoms with E-state index in [1.54, 1.807) is 6.07 Å². The maximum absolute atomic E-state index is 12.7. The zero-order valence-corrected chi connectivity index (χ0v) is 8.65. The molecule has 0 radical (unpaired) electrons. The SMILES string of the molecule is N#Cc1ncc(C(F)F)c(CC(=O)O)c1CN. The van der Waals surface area contributed by atoms with Gasteiger partial charge in [0.15, 0.2) is 0 Å². The lowest BCUT2D eigenvalue weighted by Crippen LogP contribution is -2.13. The van der Waals surface area contributed by atoms with E-state index in [1.165, 1.54) is 0 Å². The number of alkyl halides is 2. The van der Waals surface area contributed by atoms with Crippen LogP contribution in [0.2, 0.25) is 0 Å². The molecule has 0 aliphatic carbocycles. The minimum absolute atomic E-state index is 0.0627. The Balaban J connectivity index is 3.45. The van der Waals surface area contributed by atoms with Crippen LogP contribution >= 0.6 is 0 Å². The molecule has 0 atom stereocenters. The topological polar surface area (TPSA) is 100 Å². The van der Waals surface area contributed by atoms with Crippen molar-refractivity contribution in [2.75, 3.05) is 0 Å². The van der Waals surface area contributed by atoms with Gasteiger partial charge in [-0.25, -0.2) is 13.8 Å². The number of hydrogen-bond acceptors (Lipinski definition) is 4. The van der Waals surface area contributed by atoms with E-state index in [4.69, 9.17) is 16.1 Å². The van der Waals surface area contributed by atoms with Gasteiger partial charge in [-0.1, -0.05) is 0 Å². The third-order valence-electron chi connectivity index (χ3n) is 2.20. The quantitative estimate of drug-likeness (QED) is 0.818. The van der Waals surface area contributed by atoms with Crippen LogP contribution in [0.25, 0.3) is 0 Å². The van der Waals surface area contributed by atoms with E-state index in [0.717, 1.165) is 6.20 Å². The largest absolute Gasteiger partial charge is 0.481 e. The number of carbonyl (C=O) groups is 1. The summed E-state index contributed by atoms with van der Waals surface area (Å²) in [5.41, 5.74) is 4.67. The first-order chi connectivity index (χ1) is 8.01. The molecule has 1 heterocycles. The van der Waals surface area contributed by atoms with Crippen molar-refractivity contribution in [3.05, 3.63) is 28.6 Å². The number of pyridine rings is 1. The van der Waals surface area contributed by atoms with Crippen LogP contribution in [0.15, 0.2) is 6.20 Å². The highest BCUT2D eigenvalue weighted by Crippen LogP contribution is 2.26. The third kappa shape index (κ3) is 2.73. The summed E-state index contributed by atoms with van der Waals surface area (Å²) in [5, 5.41) is 17.4. The van der Waals surface area contributed by atoms with E-state index in [2.05, 4.69) is 4.98 Å². The number of rotatable bonds is 4. The Morgan fingerprint density at radius 1 is 1.59 bits per heavy atom. The average molecular weight is 241 g/mol. The fourth-order valence-electron chi connectivity index (χ4n) is 1.47. The normalized spacial score (nSPS) is 10.3. The predicted octanol–water partition coefficient (Wildman–Crippen LogP) is 0.977. The van der Waals surface area contributed by atoms with Crippen LogP contribution in [-0.4, -0.2) is 16.1 Å². The number of hydrogen-bond donors (Lipinski definition) is 2. The second kappa shape index (κ2) is 5.32. The van der Waals surface area contributed by atoms with E-state index in [0.29, 0.717) is 0 Å². The molecule has 0 bridgehead atoms. The van der Waals surface area contributed by atoms with Crippen molar-refractivity contribution < 1.29 is 18.7 Å². The van der Waals surface area contributed by atoms with Gasteiger partial charge in [0.25, 0.3) is 6.43 Å². The summed E-state index contributed by atoms with van der Waals surface area (Å²) in [7, 11) is 0. The molecule has 17 heavy (non-hydrogen) atoms. The predicted molar refractivity (Wildman–Crippen MR) is 53.1 cm³/mol. The Morgan fingerprint density at radius 3 is 2.65 bits per heavy atom. The maximum Gasteiger partial charge on any atom is 0.307 e. The molecule has 3 N–H and O–H groups in total. The number of aliphatic carboxylic acids is 1. The van der Waals surface area contributed by atoms with Gasteiger partial charge in [0.1, 0.15) is 11.8 Å². The second-order valence-electron chi connectivity index (χ2n) is 3.21. The summed E-state index contributed by atoms with van der Waals surface area (Å²) >= 11 is 0. The standard InChI is InChI=1S/C10H9F2N3O2/c11-10(12)7-4-15-8(3-14)6(2-13)5(7)1-9(16)17/h4,10H,1-2,13H2,(H,16,17). The second-order valence-corrected chi connectivity index (χ2v) is 3.21. The highest BCUT2D eigenvalue weighted by Gasteiger charge is 2.21. The van der Waals surface area contributed by atoms with Crippen molar-refractivity contribution >= 4 is 5.97 Å². The van der Waals surface area contributed by atoms with Crippen molar-refractivity contribution in [2.45, 2.75) is 19.4 Å². The van der Waals surface area contributed by atoms with Gasteiger partial charge in [0, 0.05) is 23.9 Å². The highest BCUT2D eigenvalue weighted by atomic mass is 19.3. The third-order valence-corrected chi connectivity index (χ3v) is 2.20. The van der Waals surface area contributed by atoms with Crippen molar-refractivity contribution in [2.24, 2.45) is 5.73 Å². The Hall–Kier alpha value is -2.07. The molecule has 90 valence electrons. The molecule has 0 unspecified atom stereocenters. The number of halogens is 2. The molecule has 1 aromatic heterocycles. The van der Waals surface area contributed by atoms with Gasteiger partial charge >= 0.3 is 5.97 Å². The average Bonchev–Trinajstić information content (AvgIpc) is 2.27. The molecule has 1 aromatic rings. The minimum Gasteiger partial charge on any atom is -0.481 e. The van der Waals surface area contributed by atoms with E-state index in [9.17, 15) is 13.6 Å². The number of nitrogens with zero attached hydrogens (tertiary/aromatic N) is 2. The van der Waals surface area contributed by atoms with E-state index in [-0.39, 0.29) is 23.4 Å². The zero-order valence-electron chi connectivity index (χ0n) is 8.65. The number of nitrogens with two attached hydrogens (primary N) is 1. The molecule has 0 aliphatic rings. The Kier molecular flexibility index (Phi) is 4.06. The van der Waals surface area contributed by atoms with Gasteiger partial charge in [-0.3, -0.25) is 4.79 Å². The Labute approximate surface area is 95.5 Å². The molecule has 0 amide bonds. The van der Waals surface area contributed by atoms with Crippen LogP contribution in [0.3, 0.4) is 0 Å². The lowest BCUT2D eigenvalue weighted by atomic mass is 9.98. The highest BCUT2D eigenvalue weighted by molar-refractivity contribution is 5.71. The van der Waals surface area contributed by atoms with Crippen LogP contribution in [0.5, 0.6) is 0 Å². The summed E-state index contributed by atoms with van der Waals surface area (Å²) in [4.78, 5) is 14.2. The van der Waals surface area contributed by atoms with Crippen molar-refractivity contribution in [3.8, 4) is 6.07 Å². The summed E-state index contributed by atoms with van der Waals surface area (Å²) in [6, 6.07) is 1.70.